The predicted octanol–water partition coefficient (Wildman–Crippen LogP) is 1.10. The molecule has 1 saturated heterocycles. The van der Waals surface area contributed by atoms with Crippen molar-refractivity contribution in [2.45, 2.75) is 19.0 Å². The zero-order valence-electron chi connectivity index (χ0n) is 6.73. The van der Waals surface area contributed by atoms with Gasteiger partial charge in [-0.25, -0.2) is 5.01 Å². The van der Waals surface area contributed by atoms with Gasteiger partial charge in [0.15, 0.2) is 0 Å². The third kappa shape index (κ3) is 3.82. The molecule has 0 bridgehead atoms. The Balaban J connectivity index is 0.00000144. The van der Waals surface area contributed by atoms with Crippen molar-refractivity contribution in [3.63, 3.8) is 0 Å². The molecule has 0 aromatic heterocycles. The van der Waals surface area contributed by atoms with E-state index in [9.17, 15) is 18.0 Å². The zero-order valence-corrected chi connectivity index (χ0v) is 7.54. The third-order valence-corrected chi connectivity index (χ3v) is 1.62. The van der Waals surface area contributed by atoms with Crippen molar-refractivity contribution < 1.29 is 18.0 Å². The lowest BCUT2D eigenvalue weighted by atomic mass is 10.4. The molecule has 78 valence electrons. The van der Waals surface area contributed by atoms with Crippen molar-refractivity contribution in [2.24, 2.45) is 0 Å². The molecule has 1 fully saturated rings. The number of hydrogen-bond donors (Lipinski definition) is 1. The molecule has 0 radical (unpaired) electrons. The molecule has 1 rings (SSSR count). The Morgan fingerprint density at radius 2 is 1.69 bits per heavy atom. The van der Waals surface area contributed by atoms with Gasteiger partial charge < -0.3 is 0 Å². The van der Waals surface area contributed by atoms with Gasteiger partial charge in [-0.2, -0.15) is 13.2 Å². The Kier molecular flexibility index (Phi) is 4.49. The Hall–Kier alpha value is -0.490. The first-order valence-electron chi connectivity index (χ1n) is 3.63. The normalized spacial score (nSPS) is 18.1. The summed E-state index contributed by atoms with van der Waals surface area (Å²) in [5.41, 5.74) is 1.79. The van der Waals surface area contributed by atoms with Crippen LogP contribution in [0.25, 0.3) is 0 Å². The maximum Gasteiger partial charge on any atom is 0.472 e. The van der Waals surface area contributed by atoms with E-state index in [-0.39, 0.29) is 12.4 Å². The van der Waals surface area contributed by atoms with Gasteiger partial charge in [-0.15, -0.1) is 12.4 Å². The Morgan fingerprint density at radius 3 is 2.08 bits per heavy atom. The molecule has 7 heteroatoms. The fraction of sp³-hybridized carbons (Fsp3) is 0.833. The van der Waals surface area contributed by atoms with E-state index in [2.05, 4.69) is 0 Å². The second-order valence-corrected chi connectivity index (χ2v) is 2.63. The second kappa shape index (κ2) is 4.66. The van der Waals surface area contributed by atoms with Crippen LogP contribution in [0.4, 0.5) is 13.2 Å². The molecule has 1 N–H and O–H groups in total. The summed E-state index contributed by atoms with van der Waals surface area (Å²) in [4.78, 5) is 10.3. The number of carbonyl (C=O) groups is 1. The van der Waals surface area contributed by atoms with Crippen LogP contribution >= 0.6 is 12.4 Å². The molecule has 0 aromatic rings. The maximum atomic E-state index is 11.7. The van der Waals surface area contributed by atoms with E-state index in [1.807, 2.05) is 0 Å². The van der Waals surface area contributed by atoms with E-state index >= 15 is 0 Å². The minimum absolute atomic E-state index is 0. The van der Waals surface area contributed by atoms with Crippen LogP contribution in [0.5, 0.6) is 0 Å². The van der Waals surface area contributed by atoms with E-state index in [1.165, 1.54) is 5.01 Å². The Bertz CT molecular complexity index is 179. The number of halogens is 4. The van der Waals surface area contributed by atoms with Gasteiger partial charge in [-0.3, -0.25) is 10.2 Å². The number of amides is 1. The van der Waals surface area contributed by atoms with Gasteiger partial charge in [0.25, 0.3) is 0 Å². The summed E-state index contributed by atoms with van der Waals surface area (Å²) in [7, 11) is 0. The van der Waals surface area contributed by atoms with Gasteiger partial charge >= 0.3 is 12.1 Å². The van der Waals surface area contributed by atoms with Crippen LogP contribution in [0, 0.1) is 0 Å². The molecule has 0 atom stereocenters. The lowest BCUT2D eigenvalue weighted by Gasteiger charge is -2.16. The summed E-state index contributed by atoms with van der Waals surface area (Å²) >= 11 is 0. The molecule has 1 amide bonds. The molecule has 0 aliphatic carbocycles. The van der Waals surface area contributed by atoms with Gasteiger partial charge in [0.1, 0.15) is 0 Å². The second-order valence-electron chi connectivity index (χ2n) is 2.63. The Labute approximate surface area is 79.6 Å². The van der Waals surface area contributed by atoms with Crippen molar-refractivity contribution in [3.8, 4) is 0 Å². The molecule has 0 aromatic carbocycles. The highest BCUT2D eigenvalue weighted by atomic mass is 35.5. The summed E-state index contributed by atoms with van der Waals surface area (Å²) in [6, 6.07) is 0. The lowest BCUT2D eigenvalue weighted by Crippen LogP contribution is -2.46. The van der Waals surface area contributed by atoms with Gasteiger partial charge in [0.2, 0.25) is 0 Å². The molecule has 0 saturated carbocycles. The SMILES string of the molecule is Cl.O=C(NN1CCCC1)C(F)(F)F. The molecule has 13 heavy (non-hydrogen) atoms. The number of nitrogens with one attached hydrogen (secondary N) is 1. The van der Waals surface area contributed by atoms with E-state index in [0.29, 0.717) is 13.1 Å². The van der Waals surface area contributed by atoms with Crippen LogP contribution in [0.15, 0.2) is 0 Å². The van der Waals surface area contributed by atoms with Crippen molar-refractivity contribution >= 4 is 18.3 Å². The van der Waals surface area contributed by atoms with Gasteiger partial charge in [0, 0.05) is 13.1 Å². The van der Waals surface area contributed by atoms with Crippen molar-refractivity contribution in [3.05, 3.63) is 0 Å². The first kappa shape index (κ1) is 12.5. The van der Waals surface area contributed by atoms with Gasteiger partial charge in [-0.05, 0) is 12.8 Å². The summed E-state index contributed by atoms with van der Waals surface area (Å²) in [6.45, 7) is 1.00. The first-order chi connectivity index (χ1) is 5.50. The summed E-state index contributed by atoms with van der Waals surface area (Å²) in [6.07, 6.45) is -3.11. The van der Waals surface area contributed by atoms with Gasteiger partial charge in [0.05, 0.1) is 0 Å². The summed E-state index contributed by atoms with van der Waals surface area (Å²) < 4.78 is 35.0. The molecule has 1 heterocycles. The predicted molar refractivity (Wildman–Crippen MR) is 42.3 cm³/mol. The van der Waals surface area contributed by atoms with Crippen molar-refractivity contribution in [1.29, 1.82) is 0 Å². The van der Waals surface area contributed by atoms with E-state index in [1.54, 1.807) is 5.43 Å². The van der Waals surface area contributed by atoms with E-state index in [4.69, 9.17) is 0 Å². The standard InChI is InChI=1S/C6H9F3N2O.ClH/c7-6(8,9)5(12)10-11-3-1-2-4-11;/h1-4H2,(H,10,12);1H. The topological polar surface area (TPSA) is 32.3 Å². The van der Waals surface area contributed by atoms with Crippen LogP contribution in [0.1, 0.15) is 12.8 Å². The molecule has 0 spiro atoms. The average molecular weight is 219 g/mol. The van der Waals surface area contributed by atoms with Crippen LogP contribution in [0.3, 0.4) is 0 Å². The highest BCUT2D eigenvalue weighted by molar-refractivity contribution is 5.85. The van der Waals surface area contributed by atoms with Crippen molar-refractivity contribution in [2.75, 3.05) is 13.1 Å². The number of hydrazine groups is 1. The highest BCUT2D eigenvalue weighted by Gasteiger charge is 2.39. The molecule has 1 aliphatic heterocycles. The maximum absolute atomic E-state index is 11.7. The quantitative estimate of drug-likeness (QED) is 0.715. The number of carbonyl (C=O) groups excluding carboxylic acids is 1. The molecular formula is C6H10ClF3N2O. The zero-order chi connectivity index (χ0) is 9.19. The molecule has 3 nitrogen and oxygen atoms in total. The fourth-order valence-corrected chi connectivity index (χ4v) is 1.04. The van der Waals surface area contributed by atoms with Crippen molar-refractivity contribution in [1.82, 2.24) is 10.4 Å². The molecule has 1 aliphatic rings. The largest absolute Gasteiger partial charge is 0.472 e. The summed E-state index contributed by atoms with van der Waals surface area (Å²) in [5.74, 6) is -1.88. The fourth-order valence-electron chi connectivity index (χ4n) is 1.04. The lowest BCUT2D eigenvalue weighted by molar-refractivity contribution is -0.178. The highest BCUT2D eigenvalue weighted by Crippen LogP contribution is 2.15. The smallest absolute Gasteiger partial charge is 0.281 e. The number of rotatable bonds is 1. The minimum Gasteiger partial charge on any atom is -0.281 e. The number of nitrogens with zero attached hydrogens (tertiary/aromatic N) is 1. The average Bonchev–Trinajstić information content (AvgIpc) is 2.37. The third-order valence-electron chi connectivity index (χ3n) is 1.62. The van der Waals surface area contributed by atoms with E-state index in [0.717, 1.165) is 12.8 Å². The van der Waals surface area contributed by atoms with Crippen LogP contribution in [0.2, 0.25) is 0 Å². The van der Waals surface area contributed by atoms with Gasteiger partial charge in [-0.1, -0.05) is 0 Å². The minimum atomic E-state index is -4.78. The number of alkyl halides is 3. The van der Waals surface area contributed by atoms with E-state index < -0.39 is 12.1 Å². The molecular weight excluding hydrogens is 209 g/mol. The van der Waals surface area contributed by atoms with Crippen LogP contribution < -0.4 is 5.43 Å². The number of hydrogen-bond acceptors (Lipinski definition) is 2. The summed E-state index contributed by atoms with van der Waals surface area (Å²) in [5, 5.41) is 1.29. The first-order valence-corrected chi connectivity index (χ1v) is 3.63. The monoisotopic (exact) mass is 218 g/mol. The molecule has 0 unspecified atom stereocenters. The Morgan fingerprint density at radius 1 is 1.23 bits per heavy atom. The van der Waals surface area contributed by atoms with Crippen LogP contribution in [-0.4, -0.2) is 30.2 Å². The van der Waals surface area contributed by atoms with Crippen LogP contribution in [-0.2, 0) is 4.79 Å².